The molecule has 1 aromatic rings. The molecule has 1 fully saturated rings. The Morgan fingerprint density at radius 2 is 2.28 bits per heavy atom. The molecule has 1 aliphatic rings. The van der Waals surface area contributed by atoms with Crippen LogP contribution in [0.15, 0.2) is 18.2 Å². The summed E-state index contributed by atoms with van der Waals surface area (Å²) >= 11 is 6.08. The van der Waals surface area contributed by atoms with E-state index in [1.807, 2.05) is 0 Å². The molecule has 1 amide bonds. The van der Waals surface area contributed by atoms with Crippen LogP contribution in [0.25, 0.3) is 0 Å². The maximum atomic E-state index is 11.8. The average molecular weight is 269 g/mol. The summed E-state index contributed by atoms with van der Waals surface area (Å²) in [4.78, 5) is 24.8. The Labute approximate surface area is 110 Å². The lowest BCUT2D eigenvalue weighted by Crippen LogP contribution is -2.48. The van der Waals surface area contributed by atoms with E-state index in [-0.39, 0.29) is 12.5 Å². The molecule has 2 rings (SSSR count). The summed E-state index contributed by atoms with van der Waals surface area (Å²) in [7, 11) is 1.31. The Bertz CT molecular complexity index is 490. The topological polar surface area (TPSA) is 58.6 Å². The van der Waals surface area contributed by atoms with Gasteiger partial charge in [-0.2, -0.15) is 0 Å². The van der Waals surface area contributed by atoms with E-state index < -0.39 is 5.97 Å². The molecule has 1 aliphatic heterocycles. The van der Waals surface area contributed by atoms with Gasteiger partial charge < -0.3 is 15.0 Å². The van der Waals surface area contributed by atoms with Crippen molar-refractivity contribution in [1.29, 1.82) is 0 Å². The van der Waals surface area contributed by atoms with Crippen molar-refractivity contribution in [3.05, 3.63) is 28.8 Å². The first-order chi connectivity index (χ1) is 8.63. The molecule has 96 valence electrons. The van der Waals surface area contributed by atoms with E-state index in [1.165, 1.54) is 7.11 Å². The highest BCUT2D eigenvalue weighted by atomic mass is 35.5. The van der Waals surface area contributed by atoms with Gasteiger partial charge in [-0.25, -0.2) is 4.79 Å². The van der Waals surface area contributed by atoms with Crippen molar-refractivity contribution < 1.29 is 14.3 Å². The van der Waals surface area contributed by atoms with Crippen molar-refractivity contribution in [2.45, 2.75) is 0 Å². The highest BCUT2D eigenvalue weighted by Crippen LogP contribution is 2.27. The molecule has 18 heavy (non-hydrogen) atoms. The number of carbonyl (C=O) groups excluding carboxylic acids is 2. The highest BCUT2D eigenvalue weighted by Gasteiger charge is 2.22. The number of benzene rings is 1. The molecule has 1 aromatic carbocycles. The van der Waals surface area contributed by atoms with Crippen molar-refractivity contribution in [2.24, 2.45) is 0 Å². The number of carbonyl (C=O) groups is 2. The molecule has 6 heteroatoms. The molecule has 0 saturated carbocycles. The number of ether oxygens (including phenoxy) is 1. The van der Waals surface area contributed by atoms with Crippen molar-refractivity contribution in [2.75, 3.05) is 31.6 Å². The lowest BCUT2D eigenvalue weighted by molar-refractivity contribution is -0.118. The number of hydrogen-bond donors (Lipinski definition) is 1. The predicted octanol–water partition coefficient (Wildman–Crippen LogP) is 1.06. The molecule has 1 N–H and O–H groups in total. The largest absolute Gasteiger partial charge is 0.465 e. The minimum Gasteiger partial charge on any atom is -0.465 e. The molecular weight excluding hydrogens is 256 g/mol. The summed E-state index contributed by atoms with van der Waals surface area (Å²) in [5.41, 5.74) is 0.925. The van der Waals surface area contributed by atoms with E-state index in [9.17, 15) is 9.59 Å². The summed E-state index contributed by atoms with van der Waals surface area (Å²) in [6.45, 7) is 1.51. The quantitative estimate of drug-likeness (QED) is 0.815. The zero-order valence-corrected chi connectivity index (χ0v) is 10.7. The first-order valence-electron chi connectivity index (χ1n) is 5.52. The molecule has 0 radical (unpaired) electrons. The molecule has 1 heterocycles. The zero-order chi connectivity index (χ0) is 13.1. The second-order valence-corrected chi connectivity index (χ2v) is 4.29. The molecule has 0 unspecified atom stereocenters. The second kappa shape index (κ2) is 5.37. The summed E-state index contributed by atoms with van der Waals surface area (Å²) in [6, 6.07) is 4.75. The molecule has 0 aromatic heterocycles. The van der Waals surface area contributed by atoms with Gasteiger partial charge in [0.1, 0.15) is 0 Å². The van der Waals surface area contributed by atoms with Crippen LogP contribution in [-0.2, 0) is 9.53 Å². The van der Waals surface area contributed by atoms with Gasteiger partial charge in [0.25, 0.3) is 0 Å². The molecule has 0 aliphatic carbocycles. The van der Waals surface area contributed by atoms with Gasteiger partial charge >= 0.3 is 5.97 Å². The van der Waals surface area contributed by atoms with Crippen LogP contribution >= 0.6 is 11.6 Å². The molecule has 0 spiro atoms. The summed E-state index contributed by atoms with van der Waals surface area (Å²) in [5.74, 6) is -0.513. The minimum atomic E-state index is -0.449. The number of halogens is 1. The fraction of sp³-hybridized carbons (Fsp3) is 0.333. The lowest BCUT2D eigenvalue weighted by Gasteiger charge is -2.28. The smallest absolute Gasteiger partial charge is 0.337 e. The van der Waals surface area contributed by atoms with Gasteiger partial charge in [0.05, 0.1) is 29.9 Å². The minimum absolute atomic E-state index is 0.0647. The van der Waals surface area contributed by atoms with Gasteiger partial charge in [-0.15, -0.1) is 0 Å². The third kappa shape index (κ3) is 2.47. The number of nitrogens with one attached hydrogen (secondary N) is 1. The Morgan fingerprint density at radius 1 is 1.50 bits per heavy atom. The van der Waals surface area contributed by atoms with Crippen LogP contribution < -0.4 is 10.2 Å². The Balaban J connectivity index is 2.36. The van der Waals surface area contributed by atoms with Crippen molar-refractivity contribution in [3.8, 4) is 0 Å². The van der Waals surface area contributed by atoms with Crippen LogP contribution in [0.4, 0.5) is 5.69 Å². The molecular formula is C12H13ClN2O3. The second-order valence-electron chi connectivity index (χ2n) is 3.88. The highest BCUT2D eigenvalue weighted by molar-refractivity contribution is 6.34. The fourth-order valence-electron chi connectivity index (χ4n) is 1.83. The van der Waals surface area contributed by atoms with Gasteiger partial charge in [-0.1, -0.05) is 11.6 Å². The molecule has 1 saturated heterocycles. The zero-order valence-electron chi connectivity index (χ0n) is 9.90. The molecule has 0 bridgehead atoms. The molecule has 0 atom stereocenters. The summed E-state index contributed by atoms with van der Waals surface area (Å²) in [5, 5.41) is 3.42. The van der Waals surface area contributed by atoms with E-state index in [4.69, 9.17) is 11.6 Å². The van der Waals surface area contributed by atoms with Crippen LogP contribution in [0.1, 0.15) is 10.4 Å². The number of methoxy groups -OCH3 is 1. The van der Waals surface area contributed by atoms with Crippen molar-refractivity contribution in [1.82, 2.24) is 5.32 Å². The van der Waals surface area contributed by atoms with Gasteiger partial charge in [0.2, 0.25) is 5.91 Å². The Morgan fingerprint density at radius 3 is 2.94 bits per heavy atom. The van der Waals surface area contributed by atoms with E-state index in [2.05, 4.69) is 10.1 Å². The first-order valence-corrected chi connectivity index (χ1v) is 5.90. The number of hydrogen-bond acceptors (Lipinski definition) is 4. The van der Waals surface area contributed by atoms with E-state index in [0.29, 0.717) is 29.4 Å². The third-order valence-electron chi connectivity index (χ3n) is 2.75. The summed E-state index contributed by atoms with van der Waals surface area (Å²) in [6.07, 6.45) is 0. The monoisotopic (exact) mass is 268 g/mol. The number of esters is 1. The maximum absolute atomic E-state index is 11.8. The van der Waals surface area contributed by atoms with E-state index in [0.717, 1.165) is 0 Å². The van der Waals surface area contributed by atoms with Gasteiger partial charge in [0, 0.05) is 13.1 Å². The van der Waals surface area contributed by atoms with E-state index >= 15 is 0 Å². The number of piperazine rings is 1. The fourth-order valence-corrected chi connectivity index (χ4v) is 2.05. The Kier molecular flexibility index (Phi) is 3.84. The summed E-state index contributed by atoms with van der Waals surface area (Å²) < 4.78 is 4.65. The van der Waals surface area contributed by atoms with E-state index in [1.54, 1.807) is 23.1 Å². The lowest BCUT2D eigenvalue weighted by atomic mass is 10.1. The van der Waals surface area contributed by atoms with Crippen molar-refractivity contribution >= 4 is 29.2 Å². The van der Waals surface area contributed by atoms with Crippen LogP contribution in [0.3, 0.4) is 0 Å². The molecule has 5 nitrogen and oxygen atoms in total. The number of rotatable bonds is 2. The van der Waals surface area contributed by atoms with Crippen molar-refractivity contribution in [3.63, 3.8) is 0 Å². The van der Waals surface area contributed by atoms with Gasteiger partial charge in [-0.05, 0) is 18.2 Å². The Hall–Kier alpha value is -1.59. The van der Waals surface area contributed by atoms with Crippen LogP contribution in [0.2, 0.25) is 5.02 Å². The number of amides is 1. The number of nitrogens with zero attached hydrogens (tertiary/aromatic N) is 1. The van der Waals surface area contributed by atoms with Crippen LogP contribution in [0.5, 0.6) is 0 Å². The van der Waals surface area contributed by atoms with Gasteiger partial charge in [0.15, 0.2) is 0 Å². The third-order valence-corrected chi connectivity index (χ3v) is 3.07. The first kappa shape index (κ1) is 12.9. The maximum Gasteiger partial charge on any atom is 0.337 e. The average Bonchev–Trinajstić information content (AvgIpc) is 2.39. The standard InChI is InChI=1S/C12H13ClN2O3/c1-18-12(17)8-2-3-9(13)10(6-8)15-5-4-14-7-11(15)16/h2-3,6,14H,4-5,7H2,1H3. The number of anilines is 1. The van der Waals surface area contributed by atoms with Gasteiger partial charge in [-0.3, -0.25) is 4.79 Å². The van der Waals surface area contributed by atoms with Crippen LogP contribution in [-0.4, -0.2) is 38.6 Å². The normalized spacial score (nSPS) is 15.7. The SMILES string of the molecule is COC(=O)c1ccc(Cl)c(N2CCNCC2=O)c1. The van der Waals surface area contributed by atoms with Crippen LogP contribution in [0, 0.1) is 0 Å². The predicted molar refractivity (Wildman–Crippen MR) is 68.0 cm³/mol.